The van der Waals surface area contributed by atoms with Gasteiger partial charge in [0.15, 0.2) is 11.3 Å². The standard InChI is InChI=1S/C49H39N3O2/c1-2-51-44-34-40(36-17-9-4-10-18-36)26-30-46(44)54-48(51)32-28-38-24-23-37(49(38)52(41-19-11-5-12-20-41)42-21-13-6-14-22-42)27-31-47-50-43-33-39(25-29-45(43)53-47)35-15-7-3-8-16-35/h3-22,25-34H,2,23-24H2,1H3/b31-27?,38-28?,48-32-. The summed E-state index contributed by atoms with van der Waals surface area (Å²) in [7, 11) is 0. The summed E-state index contributed by atoms with van der Waals surface area (Å²) in [4.78, 5) is 9.50. The van der Waals surface area contributed by atoms with E-state index in [-0.39, 0.29) is 0 Å². The van der Waals surface area contributed by atoms with Crippen LogP contribution >= 0.6 is 0 Å². The van der Waals surface area contributed by atoms with Gasteiger partial charge in [0, 0.05) is 24.0 Å². The molecule has 54 heavy (non-hydrogen) atoms. The van der Waals surface area contributed by atoms with Crippen LogP contribution in [0.3, 0.4) is 0 Å². The third-order valence-corrected chi connectivity index (χ3v) is 10.0. The molecule has 5 heteroatoms. The van der Waals surface area contributed by atoms with Crippen LogP contribution in [0, 0.1) is 0 Å². The van der Waals surface area contributed by atoms with E-state index in [4.69, 9.17) is 14.1 Å². The van der Waals surface area contributed by atoms with Gasteiger partial charge in [-0.1, -0.05) is 121 Å². The van der Waals surface area contributed by atoms with E-state index in [1.807, 2.05) is 24.3 Å². The van der Waals surface area contributed by atoms with Gasteiger partial charge in [0.25, 0.3) is 0 Å². The van der Waals surface area contributed by atoms with E-state index in [2.05, 4.69) is 174 Å². The van der Waals surface area contributed by atoms with E-state index in [0.717, 1.165) is 76.0 Å². The molecule has 0 N–H and O–H groups in total. The number of allylic oxidation sites excluding steroid dienone is 5. The Kier molecular flexibility index (Phi) is 8.95. The Balaban J connectivity index is 1.10. The summed E-state index contributed by atoms with van der Waals surface area (Å²) < 4.78 is 12.7. The number of oxazole rings is 1. The van der Waals surface area contributed by atoms with Crippen molar-refractivity contribution in [1.29, 1.82) is 0 Å². The smallest absolute Gasteiger partial charge is 0.220 e. The zero-order chi connectivity index (χ0) is 36.3. The minimum absolute atomic E-state index is 0.582. The van der Waals surface area contributed by atoms with Crippen LogP contribution in [0.25, 0.3) is 39.4 Å². The average Bonchev–Trinajstić information content (AvgIpc) is 3.94. The van der Waals surface area contributed by atoms with Crippen LogP contribution in [0.5, 0.6) is 5.75 Å². The van der Waals surface area contributed by atoms with Gasteiger partial charge in [0.1, 0.15) is 5.52 Å². The molecule has 7 aromatic rings. The molecule has 0 unspecified atom stereocenters. The highest BCUT2D eigenvalue weighted by atomic mass is 16.5. The number of ether oxygens (including phenoxy) is 1. The highest BCUT2D eigenvalue weighted by Gasteiger charge is 2.28. The zero-order valence-electron chi connectivity index (χ0n) is 30.1. The Bertz CT molecular complexity index is 2510. The van der Waals surface area contributed by atoms with Crippen LogP contribution in [-0.2, 0) is 0 Å². The van der Waals surface area contributed by atoms with Crippen molar-refractivity contribution in [2.24, 2.45) is 0 Å². The Morgan fingerprint density at radius 1 is 0.630 bits per heavy atom. The first-order valence-corrected chi connectivity index (χ1v) is 18.6. The molecule has 0 radical (unpaired) electrons. The van der Waals surface area contributed by atoms with E-state index in [0.29, 0.717) is 5.89 Å². The second-order valence-electron chi connectivity index (χ2n) is 13.4. The summed E-state index contributed by atoms with van der Waals surface area (Å²) in [5, 5.41) is 0. The fourth-order valence-electron chi connectivity index (χ4n) is 7.42. The number of para-hydroxylation sites is 2. The van der Waals surface area contributed by atoms with Gasteiger partial charge in [-0.15, -0.1) is 0 Å². The summed E-state index contributed by atoms with van der Waals surface area (Å²) in [5.41, 5.74) is 13.1. The molecule has 0 atom stereocenters. The molecule has 0 spiro atoms. The molecule has 0 bridgehead atoms. The number of hydrogen-bond donors (Lipinski definition) is 0. The Morgan fingerprint density at radius 2 is 1.24 bits per heavy atom. The average molecular weight is 702 g/mol. The van der Waals surface area contributed by atoms with Crippen LogP contribution in [-0.4, -0.2) is 11.5 Å². The third kappa shape index (κ3) is 6.52. The minimum atomic E-state index is 0.582. The largest absolute Gasteiger partial charge is 0.439 e. The molecular weight excluding hydrogens is 663 g/mol. The predicted molar refractivity (Wildman–Crippen MR) is 221 cm³/mol. The first-order valence-electron chi connectivity index (χ1n) is 18.6. The van der Waals surface area contributed by atoms with Crippen molar-refractivity contribution in [2.45, 2.75) is 19.8 Å². The van der Waals surface area contributed by atoms with Gasteiger partial charge < -0.3 is 19.0 Å². The lowest BCUT2D eigenvalue weighted by Gasteiger charge is -2.28. The van der Waals surface area contributed by atoms with Crippen LogP contribution < -0.4 is 14.5 Å². The van der Waals surface area contributed by atoms with Crippen molar-refractivity contribution >= 4 is 34.2 Å². The van der Waals surface area contributed by atoms with E-state index in [1.54, 1.807) is 0 Å². The van der Waals surface area contributed by atoms with Gasteiger partial charge in [-0.2, -0.15) is 0 Å². The summed E-state index contributed by atoms with van der Waals surface area (Å²) >= 11 is 0. The number of anilines is 3. The number of fused-ring (bicyclic) bond motifs is 2. The lowest BCUT2D eigenvalue weighted by atomic mass is 10.0. The molecule has 2 heterocycles. The Hall–Kier alpha value is -6.85. The van der Waals surface area contributed by atoms with Crippen molar-refractivity contribution in [3.05, 3.63) is 205 Å². The minimum Gasteiger partial charge on any atom is -0.439 e. The second-order valence-corrected chi connectivity index (χ2v) is 13.4. The highest BCUT2D eigenvalue weighted by Crippen LogP contribution is 2.44. The maximum atomic E-state index is 6.50. The number of hydrogen-bond acceptors (Lipinski definition) is 5. The molecule has 1 aromatic heterocycles. The first-order chi connectivity index (χ1) is 26.7. The fraction of sp³-hybridized carbons (Fsp3) is 0.0816. The van der Waals surface area contributed by atoms with Crippen LogP contribution in [0.1, 0.15) is 25.7 Å². The summed E-state index contributed by atoms with van der Waals surface area (Å²) in [6.45, 7) is 2.95. The highest BCUT2D eigenvalue weighted by molar-refractivity contribution is 5.82. The SMILES string of the molecule is CCN1/C(=C/C=C2CCC(C=Cc3nc4cc(-c5ccccc5)ccc4o3)=C2N(c2ccccc2)c2ccccc2)Oc2ccc(-c3ccccc3)cc21. The Morgan fingerprint density at radius 3 is 1.89 bits per heavy atom. The molecule has 1 aliphatic carbocycles. The maximum absolute atomic E-state index is 6.50. The number of benzene rings is 6. The lowest BCUT2D eigenvalue weighted by molar-refractivity contribution is 0.440. The van der Waals surface area contributed by atoms with Crippen LogP contribution in [0.2, 0.25) is 0 Å². The molecule has 0 fully saturated rings. The molecule has 0 saturated heterocycles. The summed E-state index contributed by atoms with van der Waals surface area (Å²) in [5.74, 6) is 2.27. The van der Waals surface area contributed by atoms with Crippen LogP contribution in [0.4, 0.5) is 17.1 Å². The maximum Gasteiger partial charge on any atom is 0.220 e. The normalized spacial score (nSPS) is 15.5. The van der Waals surface area contributed by atoms with Crippen molar-refractivity contribution in [1.82, 2.24) is 4.98 Å². The van der Waals surface area contributed by atoms with Crippen molar-refractivity contribution in [2.75, 3.05) is 16.3 Å². The van der Waals surface area contributed by atoms with E-state index in [1.165, 1.54) is 22.3 Å². The quantitative estimate of drug-likeness (QED) is 0.150. The molecular formula is C49H39N3O2. The second kappa shape index (κ2) is 14.6. The molecule has 5 nitrogen and oxygen atoms in total. The van der Waals surface area contributed by atoms with Crippen molar-refractivity contribution in [3.8, 4) is 28.0 Å². The molecule has 6 aromatic carbocycles. The monoisotopic (exact) mass is 701 g/mol. The first kappa shape index (κ1) is 33.0. The molecule has 9 rings (SSSR count). The number of nitrogens with zero attached hydrogens (tertiary/aromatic N) is 3. The number of aromatic nitrogens is 1. The summed E-state index contributed by atoms with van der Waals surface area (Å²) in [6, 6.07) is 54.7. The molecule has 262 valence electrons. The topological polar surface area (TPSA) is 41.7 Å². The van der Waals surface area contributed by atoms with E-state index >= 15 is 0 Å². The zero-order valence-corrected chi connectivity index (χ0v) is 30.1. The van der Waals surface area contributed by atoms with Gasteiger partial charge in [-0.3, -0.25) is 0 Å². The van der Waals surface area contributed by atoms with Crippen LogP contribution in [0.15, 0.2) is 203 Å². The number of rotatable bonds is 9. The van der Waals surface area contributed by atoms with Gasteiger partial charge in [-0.05, 0) is 108 Å². The van der Waals surface area contributed by atoms with Gasteiger partial charge >= 0.3 is 0 Å². The van der Waals surface area contributed by atoms with E-state index in [9.17, 15) is 0 Å². The summed E-state index contributed by atoms with van der Waals surface area (Å²) in [6.07, 6.45) is 10.3. The molecule has 2 aliphatic rings. The molecule has 0 amide bonds. The Labute approximate surface area is 316 Å². The third-order valence-electron chi connectivity index (χ3n) is 10.0. The van der Waals surface area contributed by atoms with Crippen molar-refractivity contribution in [3.63, 3.8) is 0 Å². The van der Waals surface area contributed by atoms with Gasteiger partial charge in [0.2, 0.25) is 11.8 Å². The van der Waals surface area contributed by atoms with Gasteiger partial charge in [0.05, 0.1) is 11.4 Å². The molecule has 1 aliphatic heterocycles. The van der Waals surface area contributed by atoms with Gasteiger partial charge in [-0.25, -0.2) is 4.98 Å². The van der Waals surface area contributed by atoms with Crippen molar-refractivity contribution < 1.29 is 9.15 Å². The van der Waals surface area contributed by atoms with E-state index < -0.39 is 0 Å². The fourth-order valence-corrected chi connectivity index (χ4v) is 7.42. The lowest BCUT2D eigenvalue weighted by Crippen LogP contribution is -2.19. The molecule has 0 saturated carbocycles. The predicted octanol–water partition coefficient (Wildman–Crippen LogP) is 12.7.